The number of carbonyl (C=O) groups is 4. The minimum atomic E-state index is -0.701. The van der Waals surface area contributed by atoms with E-state index in [0.29, 0.717) is 13.1 Å². The lowest BCUT2D eigenvalue weighted by atomic mass is 9.96. The fourth-order valence-electron chi connectivity index (χ4n) is 8.69. The van der Waals surface area contributed by atoms with Gasteiger partial charge >= 0.3 is 12.2 Å². The number of fused-ring (bicyclic) bond motifs is 2. The van der Waals surface area contributed by atoms with E-state index in [-0.39, 0.29) is 35.7 Å². The third-order valence-corrected chi connectivity index (χ3v) is 13.7. The molecular weight excluding hydrogens is 801 g/mol. The van der Waals surface area contributed by atoms with Gasteiger partial charge in [-0.1, -0.05) is 52.0 Å². The predicted molar refractivity (Wildman–Crippen MR) is 234 cm³/mol. The highest BCUT2D eigenvalue weighted by molar-refractivity contribution is 7.19. The normalized spacial score (nSPS) is 17.8. The van der Waals surface area contributed by atoms with Gasteiger partial charge in [-0.15, -0.1) is 22.7 Å². The van der Waals surface area contributed by atoms with E-state index in [4.69, 9.17) is 19.4 Å². The minimum absolute atomic E-state index is 0.116. The van der Waals surface area contributed by atoms with Crippen LogP contribution >= 0.6 is 22.7 Å². The monoisotopic (exact) mass is 850 g/mol. The molecule has 4 atom stereocenters. The van der Waals surface area contributed by atoms with E-state index in [1.807, 2.05) is 49.9 Å². The number of hydrogen-bond acceptors (Lipinski definition) is 10. The van der Waals surface area contributed by atoms with Crippen molar-refractivity contribution in [1.82, 2.24) is 40.4 Å². The first kappa shape index (κ1) is 41.0. The summed E-state index contributed by atoms with van der Waals surface area (Å²) in [4.78, 5) is 72.0. The largest absolute Gasteiger partial charge is 0.453 e. The van der Waals surface area contributed by atoms with Crippen LogP contribution in [0.15, 0.2) is 59.6 Å². The average Bonchev–Trinajstić information content (AvgIpc) is 4.10. The van der Waals surface area contributed by atoms with Crippen LogP contribution in [0.2, 0.25) is 0 Å². The second-order valence-electron chi connectivity index (χ2n) is 16.1. The molecule has 4 unspecified atom stereocenters. The van der Waals surface area contributed by atoms with Crippen LogP contribution in [0.25, 0.3) is 53.8 Å². The van der Waals surface area contributed by atoms with Crippen LogP contribution in [0.5, 0.6) is 0 Å². The fraction of sp³-hybridized carbons (Fsp3) is 0.409. The van der Waals surface area contributed by atoms with Crippen LogP contribution < -0.4 is 10.6 Å². The number of amides is 4. The predicted octanol–water partition coefficient (Wildman–Crippen LogP) is 8.65. The first-order valence-electron chi connectivity index (χ1n) is 20.4. The summed E-state index contributed by atoms with van der Waals surface area (Å²) in [6.07, 6.45) is 5.67. The molecule has 6 aromatic rings. The number of aromatic amines is 2. The van der Waals surface area contributed by atoms with E-state index >= 15 is 0 Å². The molecule has 4 amide bonds. The van der Waals surface area contributed by atoms with Crippen molar-refractivity contribution in [3.63, 3.8) is 0 Å². The maximum Gasteiger partial charge on any atom is 0.407 e. The molecule has 0 radical (unpaired) electrons. The molecule has 2 fully saturated rings. The van der Waals surface area contributed by atoms with Crippen molar-refractivity contribution >= 4 is 66.8 Å². The van der Waals surface area contributed by atoms with Gasteiger partial charge in [0.2, 0.25) is 11.8 Å². The van der Waals surface area contributed by atoms with Gasteiger partial charge in [-0.3, -0.25) is 9.59 Å². The van der Waals surface area contributed by atoms with Gasteiger partial charge in [0.25, 0.3) is 0 Å². The lowest BCUT2D eigenvalue weighted by molar-refractivity contribution is -0.136. The van der Waals surface area contributed by atoms with Crippen molar-refractivity contribution in [2.75, 3.05) is 27.3 Å². The van der Waals surface area contributed by atoms with E-state index in [1.165, 1.54) is 14.2 Å². The number of nitrogens with one attached hydrogen (secondary N) is 4. The summed E-state index contributed by atoms with van der Waals surface area (Å²) in [6.45, 7) is 8.81. The Morgan fingerprint density at radius 1 is 0.650 bits per heavy atom. The Kier molecular flexibility index (Phi) is 11.7. The molecule has 2 saturated heterocycles. The van der Waals surface area contributed by atoms with Crippen molar-refractivity contribution in [3.05, 3.63) is 71.2 Å². The molecule has 8 rings (SSSR count). The van der Waals surface area contributed by atoms with E-state index < -0.39 is 24.3 Å². The number of aromatic nitrogens is 4. The Bertz CT molecular complexity index is 2380. The number of benzene rings is 2. The number of methoxy groups -OCH3 is 2. The van der Waals surface area contributed by atoms with Crippen LogP contribution in [0.3, 0.4) is 0 Å². The molecule has 0 bridgehead atoms. The average molecular weight is 851 g/mol. The van der Waals surface area contributed by atoms with Gasteiger partial charge in [0.15, 0.2) is 0 Å². The summed E-state index contributed by atoms with van der Waals surface area (Å²) in [6, 6.07) is 11.1. The Morgan fingerprint density at radius 3 is 1.43 bits per heavy atom. The highest BCUT2D eigenvalue weighted by atomic mass is 32.1. The zero-order valence-corrected chi connectivity index (χ0v) is 36.2. The summed E-state index contributed by atoms with van der Waals surface area (Å²) in [5.41, 5.74) is 6.08. The molecule has 4 N–H and O–H groups in total. The van der Waals surface area contributed by atoms with Crippen molar-refractivity contribution in [1.29, 1.82) is 0 Å². The number of thiophene rings is 2. The van der Waals surface area contributed by atoms with Gasteiger partial charge in [-0.05, 0) is 60.4 Å². The fourth-order valence-corrected chi connectivity index (χ4v) is 10.6. The molecule has 0 aliphatic carbocycles. The summed E-state index contributed by atoms with van der Waals surface area (Å²) in [5.74, 6) is 0.939. The van der Waals surface area contributed by atoms with E-state index in [9.17, 15) is 19.2 Å². The maximum absolute atomic E-state index is 13.7. The third-order valence-electron chi connectivity index (χ3n) is 11.8. The van der Waals surface area contributed by atoms with Crippen molar-refractivity contribution in [2.24, 2.45) is 11.8 Å². The Labute approximate surface area is 356 Å². The van der Waals surface area contributed by atoms with Crippen molar-refractivity contribution in [2.45, 2.75) is 77.5 Å². The van der Waals surface area contributed by atoms with Crippen LogP contribution in [-0.2, 0) is 19.1 Å². The molecule has 0 saturated carbocycles. The summed E-state index contributed by atoms with van der Waals surface area (Å²) < 4.78 is 11.9. The van der Waals surface area contributed by atoms with Gasteiger partial charge in [0, 0.05) is 55.5 Å². The number of nitrogens with zero attached hydrogens (tertiary/aromatic N) is 4. The lowest BCUT2D eigenvalue weighted by Crippen LogP contribution is -2.51. The van der Waals surface area contributed by atoms with Gasteiger partial charge < -0.3 is 39.9 Å². The number of likely N-dealkylation sites (tertiary alicyclic amines) is 2. The summed E-state index contributed by atoms with van der Waals surface area (Å²) in [5, 5.41) is 11.9. The topological polar surface area (TPSA) is 175 Å². The number of carbonyl (C=O) groups excluding carboxylic acids is 4. The van der Waals surface area contributed by atoms with Crippen molar-refractivity contribution in [3.8, 4) is 33.6 Å². The standard InChI is InChI=1S/C44H50N8O6S2/c1-23(2)35(49-43(55)57-5)41(53)51-17-7-9-33(51)39-45-21-31(47-39)25-11-13-27(37-29(25)15-19-59-37)28-14-12-26(30-16-20-60-38(28)30)32-22-46-40(48-32)34-10-8-18-52(34)42(54)36(24(3)4)50-44(56)58-6/h11-16,19-24,33-36H,7-10,17-18H2,1-6H3,(H,45,47)(H,46,48)(H,49,55)(H,50,56). The van der Waals surface area contributed by atoms with E-state index in [1.54, 1.807) is 22.7 Å². The first-order valence-corrected chi connectivity index (χ1v) is 22.2. The molecule has 314 valence electrons. The molecule has 16 heteroatoms. The number of ether oxygens (including phenoxy) is 2. The van der Waals surface area contributed by atoms with Crippen LogP contribution in [0.1, 0.15) is 77.1 Å². The number of H-pyrrole nitrogens is 2. The smallest absolute Gasteiger partial charge is 0.407 e. The van der Waals surface area contributed by atoms with Crippen LogP contribution in [0.4, 0.5) is 9.59 Å². The van der Waals surface area contributed by atoms with E-state index in [0.717, 1.165) is 91.1 Å². The number of imidazole rings is 2. The molecule has 6 heterocycles. The van der Waals surface area contributed by atoms with Crippen LogP contribution in [0, 0.1) is 11.8 Å². The molecular formula is C44H50N8O6S2. The molecule has 0 spiro atoms. The first-order chi connectivity index (χ1) is 29.0. The zero-order chi connectivity index (χ0) is 42.2. The van der Waals surface area contributed by atoms with Crippen LogP contribution in [-0.4, -0.2) is 93.1 Å². The molecule has 4 aromatic heterocycles. The highest BCUT2D eigenvalue weighted by Gasteiger charge is 2.39. The maximum atomic E-state index is 13.7. The molecule has 60 heavy (non-hydrogen) atoms. The van der Waals surface area contributed by atoms with Gasteiger partial charge in [-0.2, -0.15) is 0 Å². The lowest BCUT2D eigenvalue weighted by Gasteiger charge is -2.30. The quantitative estimate of drug-likeness (QED) is 0.100. The molecule has 14 nitrogen and oxygen atoms in total. The SMILES string of the molecule is COC(=O)NC(C(=O)N1CCCC1c1ncc(-c2ccc(-c3ccc(-c4cnc(C5CCCN5C(=O)C(NC(=O)OC)C(C)C)[nH]4)c4ccsc34)c3sccc23)[nH]1)C(C)C. The van der Waals surface area contributed by atoms with Gasteiger partial charge in [-0.25, -0.2) is 19.6 Å². The zero-order valence-electron chi connectivity index (χ0n) is 34.5. The third kappa shape index (κ3) is 7.62. The number of hydrogen-bond donors (Lipinski definition) is 4. The van der Waals surface area contributed by atoms with Crippen molar-refractivity contribution < 1.29 is 28.7 Å². The number of rotatable bonds is 11. The number of alkyl carbamates (subject to hydrolysis) is 2. The highest BCUT2D eigenvalue weighted by Crippen LogP contribution is 2.45. The Balaban J connectivity index is 1.05. The second kappa shape index (κ2) is 17.1. The van der Waals surface area contributed by atoms with E-state index in [2.05, 4.69) is 67.8 Å². The van der Waals surface area contributed by atoms with Gasteiger partial charge in [0.1, 0.15) is 23.7 Å². The molecule has 2 aliphatic heterocycles. The Hall–Kier alpha value is -5.74. The molecule has 2 aromatic carbocycles. The summed E-state index contributed by atoms with van der Waals surface area (Å²) in [7, 11) is 2.59. The molecule has 2 aliphatic rings. The Morgan fingerprint density at radius 2 is 1.05 bits per heavy atom. The van der Waals surface area contributed by atoms with Gasteiger partial charge in [0.05, 0.1) is 50.1 Å². The minimum Gasteiger partial charge on any atom is -0.453 e. The second-order valence-corrected chi connectivity index (χ2v) is 17.9. The summed E-state index contributed by atoms with van der Waals surface area (Å²) >= 11 is 3.40.